The highest BCUT2D eigenvalue weighted by atomic mass is 16.4. The highest BCUT2D eigenvalue weighted by Crippen LogP contribution is 2.25. The fourth-order valence-corrected chi connectivity index (χ4v) is 2.29. The van der Waals surface area contributed by atoms with Gasteiger partial charge in [-0.1, -0.05) is 6.92 Å². The van der Waals surface area contributed by atoms with Crippen molar-refractivity contribution in [1.82, 2.24) is 9.80 Å². The summed E-state index contributed by atoms with van der Waals surface area (Å²) < 4.78 is 0. The van der Waals surface area contributed by atoms with Crippen molar-refractivity contribution in [3.63, 3.8) is 0 Å². The van der Waals surface area contributed by atoms with Crippen LogP contribution in [0, 0.1) is 17.2 Å². The molecular weight excluding hydrogens is 234 g/mol. The summed E-state index contributed by atoms with van der Waals surface area (Å²) in [5, 5.41) is 17.7. The Morgan fingerprint density at radius 1 is 1.56 bits per heavy atom. The Balaban J connectivity index is 2.75. The van der Waals surface area contributed by atoms with Crippen LogP contribution in [0.25, 0.3) is 0 Å². The maximum atomic E-state index is 12.2. The summed E-state index contributed by atoms with van der Waals surface area (Å²) in [5.41, 5.74) is 0. The van der Waals surface area contributed by atoms with Crippen LogP contribution in [-0.2, 0) is 4.79 Å². The lowest BCUT2D eigenvalue weighted by Crippen LogP contribution is -2.49. The van der Waals surface area contributed by atoms with E-state index in [1.165, 1.54) is 9.80 Å². The zero-order valence-corrected chi connectivity index (χ0v) is 10.8. The number of nitrogens with zero attached hydrogens (tertiary/aromatic N) is 3. The lowest BCUT2D eigenvalue weighted by atomic mass is 10.0. The van der Waals surface area contributed by atoms with Crippen molar-refractivity contribution in [2.75, 3.05) is 19.6 Å². The Labute approximate surface area is 107 Å². The van der Waals surface area contributed by atoms with Gasteiger partial charge >= 0.3 is 12.0 Å². The number of rotatable bonds is 4. The number of urea groups is 1. The van der Waals surface area contributed by atoms with Gasteiger partial charge in [-0.2, -0.15) is 5.26 Å². The summed E-state index contributed by atoms with van der Waals surface area (Å²) in [6.45, 7) is 4.98. The van der Waals surface area contributed by atoms with E-state index in [4.69, 9.17) is 10.4 Å². The monoisotopic (exact) mass is 253 g/mol. The first kappa shape index (κ1) is 14.3. The minimum atomic E-state index is -0.954. The zero-order valence-electron chi connectivity index (χ0n) is 10.8. The first-order valence-corrected chi connectivity index (χ1v) is 6.18. The lowest BCUT2D eigenvalue weighted by Gasteiger charge is -2.29. The summed E-state index contributed by atoms with van der Waals surface area (Å²) in [6.07, 6.45) is 0.971. The third-order valence-electron chi connectivity index (χ3n) is 3.34. The molecule has 2 amide bonds. The number of likely N-dealkylation sites (tertiary alicyclic amines) is 1. The van der Waals surface area contributed by atoms with Gasteiger partial charge in [-0.15, -0.1) is 0 Å². The molecule has 6 heteroatoms. The molecule has 0 aromatic carbocycles. The molecule has 0 aromatic heterocycles. The minimum Gasteiger partial charge on any atom is -0.480 e. The number of amides is 2. The molecule has 6 nitrogen and oxygen atoms in total. The second-order valence-electron chi connectivity index (χ2n) is 4.51. The molecule has 2 atom stereocenters. The summed E-state index contributed by atoms with van der Waals surface area (Å²) in [5.74, 6) is -0.981. The maximum Gasteiger partial charge on any atom is 0.326 e. The molecule has 0 aliphatic carbocycles. The molecule has 0 saturated carbocycles. The Kier molecular flexibility index (Phi) is 4.95. The summed E-state index contributed by atoms with van der Waals surface area (Å²) in [4.78, 5) is 26.3. The molecule has 1 aliphatic heterocycles. The van der Waals surface area contributed by atoms with Crippen molar-refractivity contribution in [1.29, 1.82) is 5.26 Å². The standard InChI is InChI=1S/C12H19N3O3/c1-3-14(7-4-6-13)12(18)15-8-5-9(2)10(15)11(16)17/h9-10H,3-5,7-8H2,1-2H3,(H,16,17). The second kappa shape index (κ2) is 6.24. The Morgan fingerprint density at radius 2 is 2.22 bits per heavy atom. The average molecular weight is 253 g/mol. The highest BCUT2D eigenvalue weighted by molar-refractivity contribution is 5.83. The topological polar surface area (TPSA) is 84.6 Å². The van der Waals surface area contributed by atoms with Gasteiger partial charge in [0.15, 0.2) is 0 Å². The molecule has 1 saturated heterocycles. The van der Waals surface area contributed by atoms with Gasteiger partial charge in [0, 0.05) is 19.6 Å². The van der Waals surface area contributed by atoms with Crippen LogP contribution in [0.1, 0.15) is 26.7 Å². The van der Waals surface area contributed by atoms with E-state index in [0.717, 1.165) is 0 Å². The van der Waals surface area contributed by atoms with Crippen LogP contribution in [-0.4, -0.2) is 52.6 Å². The Morgan fingerprint density at radius 3 is 2.72 bits per heavy atom. The van der Waals surface area contributed by atoms with Gasteiger partial charge < -0.3 is 14.9 Å². The van der Waals surface area contributed by atoms with E-state index in [2.05, 4.69) is 0 Å². The van der Waals surface area contributed by atoms with Crippen LogP contribution in [0.4, 0.5) is 4.79 Å². The average Bonchev–Trinajstić information content (AvgIpc) is 2.71. The maximum absolute atomic E-state index is 12.2. The number of hydrogen-bond donors (Lipinski definition) is 1. The van der Waals surface area contributed by atoms with Crippen molar-refractivity contribution in [3.8, 4) is 6.07 Å². The molecule has 1 rings (SSSR count). The summed E-state index contributed by atoms with van der Waals surface area (Å²) >= 11 is 0. The van der Waals surface area contributed by atoms with Crippen LogP contribution in [0.15, 0.2) is 0 Å². The molecule has 1 aliphatic rings. The predicted molar refractivity (Wildman–Crippen MR) is 64.8 cm³/mol. The van der Waals surface area contributed by atoms with Gasteiger partial charge in [0.2, 0.25) is 0 Å². The number of carbonyl (C=O) groups excluding carboxylic acids is 1. The van der Waals surface area contributed by atoms with Crippen molar-refractivity contribution in [3.05, 3.63) is 0 Å². The number of hydrogen-bond acceptors (Lipinski definition) is 3. The van der Waals surface area contributed by atoms with Crippen molar-refractivity contribution in [2.24, 2.45) is 5.92 Å². The van der Waals surface area contributed by atoms with Crippen LogP contribution in [0.2, 0.25) is 0 Å². The molecule has 18 heavy (non-hydrogen) atoms. The van der Waals surface area contributed by atoms with Crippen molar-refractivity contribution in [2.45, 2.75) is 32.7 Å². The summed E-state index contributed by atoms with van der Waals surface area (Å²) in [7, 11) is 0. The molecule has 0 bridgehead atoms. The molecule has 0 radical (unpaired) electrons. The first-order valence-electron chi connectivity index (χ1n) is 6.18. The SMILES string of the molecule is CCN(CCC#N)C(=O)N1CCC(C)C1C(=O)O. The third kappa shape index (κ3) is 2.92. The third-order valence-corrected chi connectivity index (χ3v) is 3.34. The molecule has 0 aromatic rings. The minimum absolute atomic E-state index is 0.0267. The van der Waals surface area contributed by atoms with Gasteiger partial charge in [-0.3, -0.25) is 0 Å². The summed E-state index contributed by atoms with van der Waals surface area (Å²) in [6, 6.07) is 0.976. The predicted octanol–water partition coefficient (Wildman–Crippen LogP) is 1.14. The fraction of sp³-hybridized carbons (Fsp3) is 0.750. The van der Waals surface area contributed by atoms with Gasteiger partial charge in [0.25, 0.3) is 0 Å². The fourth-order valence-electron chi connectivity index (χ4n) is 2.29. The molecule has 1 fully saturated rings. The Hall–Kier alpha value is -1.77. The molecule has 2 unspecified atom stereocenters. The van der Waals surface area contributed by atoms with Gasteiger partial charge in [-0.05, 0) is 19.3 Å². The lowest BCUT2D eigenvalue weighted by molar-refractivity contribution is -0.142. The molecule has 1 N–H and O–H groups in total. The van der Waals surface area contributed by atoms with Crippen LogP contribution in [0.3, 0.4) is 0 Å². The largest absolute Gasteiger partial charge is 0.480 e. The van der Waals surface area contributed by atoms with Crippen molar-refractivity contribution >= 4 is 12.0 Å². The van der Waals surface area contributed by atoms with Crippen LogP contribution in [0.5, 0.6) is 0 Å². The molecular formula is C12H19N3O3. The van der Waals surface area contributed by atoms with E-state index in [9.17, 15) is 9.59 Å². The number of carboxylic acids is 1. The number of aliphatic carboxylic acids is 1. The van der Waals surface area contributed by atoms with Gasteiger partial charge in [-0.25, -0.2) is 9.59 Å². The van der Waals surface area contributed by atoms with Crippen molar-refractivity contribution < 1.29 is 14.7 Å². The van der Waals surface area contributed by atoms with Crippen LogP contribution < -0.4 is 0 Å². The van der Waals surface area contributed by atoms with E-state index >= 15 is 0 Å². The van der Waals surface area contributed by atoms with Gasteiger partial charge in [0.05, 0.1) is 12.5 Å². The normalized spacial score (nSPS) is 22.6. The Bertz CT molecular complexity index is 364. The smallest absolute Gasteiger partial charge is 0.326 e. The quantitative estimate of drug-likeness (QED) is 0.814. The van der Waals surface area contributed by atoms with E-state index in [0.29, 0.717) is 26.1 Å². The van der Waals surface area contributed by atoms with E-state index in [1.54, 1.807) is 0 Å². The number of carboxylic acid groups (broad SMARTS) is 1. The highest BCUT2D eigenvalue weighted by Gasteiger charge is 2.40. The number of nitriles is 1. The molecule has 1 heterocycles. The van der Waals surface area contributed by atoms with Crippen LogP contribution >= 0.6 is 0 Å². The second-order valence-corrected chi connectivity index (χ2v) is 4.51. The van der Waals surface area contributed by atoms with Gasteiger partial charge in [0.1, 0.15) is 6.04 Å². The van der Waals surface area contributed by atoms with E-state index in [-0.39, 0.29) is 18.4 Å². The van der Waals surface area contributed by atoms with E-state index in [1.807, 2.05) is 19.9 Å². The first-order chi connectivity index (χ1) is 8.52. The van der Waals surface area contributed by atoms with E-state index < -0.39 is 12.0 Å². The zero-order chi connectivity index (χ0) is 13.7. The number of carbonyl (C=O) groups is 2. The molecule has 0 spiro atoms. The molecule has 100 valence electrons.